The summed E-state index contributed by atoms with van der Waals surface area (Å²) < 4.78 is 28.7. The first-order chi connectivity index (χ1) is 18.4. The Bertz CT molecular complexity index is 1400. The Morgan fingerprint density at radius 2 is 1.54 bits per heavy atom. The Labute approximate surface area is 240 Å². The quantitative estimate of drug-likeness (QED) is 0.303. The van der Waals surface area contributed by atoms with Crippen LogP contribution in [0.1, 0.15) is 44.7 Å². The summed E-state index contributed by atoms with van der Waals surface area (Å²) in [6.45, 7) is 7.37. The molecule has 1 N–H and O–H groups in total. The number of nitrogens with one attached hydrogen (secondary N) is 1. The van der Waals surface area contributed by atoms with Crippen molar-refractivity contribution in [2.75, 3.05) is 17.4 Å². The lowest BCUT2D eigenvalue weighted by molar-refractivity contribution is -0.139. The van der Waals surface area contributed by atoms with Gasteiger partial charge in [-0.2, -0.15) is 0 Å². The minimum Gasteiger partial charge on any atom is -0.355 e. The fourth-order valence-electron chi connectivity index (χ4n) is 4.01. The SMILES string of the molecule is CCNC(=O)[C@H](C)N(Cc1ccc(Cl)c(Cl)c1)C(=O)CN(c1ccc(C(C)C)cc1)S(=O)(=O)c1ccccc1. The fourth-order valence-corrected chi connectivity index (χ4v) is 5.77. The van der Waals surface area contributed by atoms with E-state index in [9.17, 15) is 18.0 Å². The average Bonchev–Trinajstić information content (AvgIpc) is 2.92. The first-order valence-electron chi connectivity index (χ1n) is 12.6. The number of carbonyl (C=O) groups excluding carboxylic acids is 2. The van der Waals surface area contributed by atoms with E-state index in [2.05, 4.69) is 5.32 Å². The maximum atomic E-state index is 13.9. The number of rotatable bonds is 11. The number of carbonyl (C=O) groups is 2. The molecule has 0 radical (unpaired) electrons. The number of anilines is 1. The lowest BCUT2D eigenvalue weighted by Crippen LogP contribution is -2.51. The minimum atomic E-state index is -4.11. The zero-order valence-corrected chi connectivity index (χ0v) is 24.7. The third-order valence-corrected chi connectivity index (χ3v) is 8.84. The summed E-state index contributed by atoms with van der Waals surface area (Å²) in [5.41, 5.74) is 2.03. The lowest BCUT2D eigenvalue weighted by Gasteiger charge is -2.32. The van der Waals surface area contributed by atoms with Gasteiger partial charge >= 0.3 is 0 Å². The number of sulfonamides is 1. The van der Waals surface area contributed by atoms with Crippen molar-refractivity contribution >= 4 is 50.7 Å². The molecule has 0 bridgehead atoms. The Balaban J connectivity index is 2.04. The van der Waals surface area contributed by atoms with Gasteiger partial charge in [-0.1, -0.05) is 73.4 Å². The third kappa shape index (κ3) is 7.53. The van der Waals surface area contributed by atoms with Crippen LogP contribution in [0.3, 0.4) is 0 Å². The monoisotopic (exact) mass is 589 g/mol. The largest absolute Gasteiger partial charge is 0.355 e. The number of amides is 2. The third-order valence-electron chi connectivity index (χ3n) is 6.31. The molecule has 3 rings (SSSR count). The maximum Gasteiger partial charge on any atom is 0.264 e. The van der Waals surface area contributed by atoms with Crippen LogP contribution < -0.4 is 9.62 Å². The van der Waals surface area contributed by atoms with E-state index in [4.69, 9.17) is 23.2 Å². The first kappa shape index (κ1) is 30.5. The Hall–Kier alpha value is -3.07. The molecule has 0 fully saturated rings. The van der Waals surface area contributed by atoms with Gasteiger partial charge in [0.15, 0.2) is 0 Å². The summed E-state index contributed by atoms with van der Waals surface area (Å²) in [7, 11) is -4.11. The Morgan fingerprint density at radius 1 is 0.897 bits per heavy atom. The van der Waals surface area contributed by atoms with Gasteiger partial charge in [0.2, 0.25) is 11.8 Å². The van der Waals surface area contributed by atoms with Crippen LogP contribution in [0.2, 0.25) is 10.0 Å². The van der Waals surface area contributed by atoms with Gasteiger partial charge in [-0.25, -0.2) is 8.42 Å². The number of benzene rings is 3. The molecule has 3 aromatic carbocycles. The summed E-state index contributed by atoms with van der Waals surface area (Å²) in [5.74, 6) is -0.656. The molecule has 0 aliphatic heterocycles. The molecule has 0 unspecified atom stereocenters. The van der Waals surface area contributed by atoms with Gasteiger partial charge in [-0.05, 0) is 67.3 Å². The number of hydrogen-bond acceptors (Lipinski definition) is 4. The molecule has 0 aliphatic rings. The summed E-state index contributed by atoms with van der Waals surface area (Å²) in [4.78, 5) is 28.1. The van der Waals surface area contributed by atoms with Crippen LogP contribution in [0.15, 0.2) is 77.7 Å². The van der Waals surface area contributed by atoms with E-state index < -0.39 is 28.5 Å². The Morgan fingerprint density at radius 3 is 2.10 bits per heavy atom. The molecule has 7 nitrogen and oxygen atoms in total. The predicted molar refractivity (Wildman–Crippen MR) is 157 cm³/mol. The summed E-state index contributed by atoms with van der Waals surface area (Å²) in [6, 6.07) is 19.1. The van der Waals surface area contributed by atoms with Gasteiger partial charge in [-0.15, -0.1) is 0 Å². The average molecular weight is 591 g/mol. The molecule has 1 atom stereocenters. The zero-order chi connectivity index (χ0) is 28.7. The second kappa shape index (κ2) is 13.3. The van der Waals surface area contributed by atoms with Crippen molar-refractivity contribution in [3.8, 4) is 0 Å². The van der Waals surface area contributed by atoms with Gasteiger partial charge < -0.3 is 10.2 Å². The number of likely N-dealkylation sites (N-methyl/N-ethyl adjacent to an activating group) is 1. The summed E-state index contributed by atoms with van der Waals surface area (Å²) in [5, 5.41) is 3.40. The molecule has 2 amide bonds. The van der Waals surface area contributed by atoms with Gasteiger partial charge in [0, 0.05) is 13.1 Å². The fraction of sp³-hybridized carbons (Fsp3) is 0.310. The molecule has 39 heavy (non-hydrogen) atoms. The van der Waals surface area contributed by atoms with E-state index in [1.54, 1.807) is 62.4 Å². The van der Waals surface area contributed by atoms with Crippen LogP contribution in [0.5, 0.6) is 0 Å². The van der Waals surface area contributed by atoms with Crippen molar-refractivity contribution in [2.45, 2.75) is 51.1 Å². The number of hydrogen-bond donors (Lipinski definition) is 1. The molecule has 0 saturated heterocycles. The van der Waals surface area contributed by atoms with E-state index in [0.29, 0.717) is 27.8 Å². The predicted octanol–water partition coefficient (Wildman–Crippen LogP) is 5.87. The van der Waals surface area contributed by atoms with Gasteiger partial charge in [0.25, 0.3) is 10.0 Å². The molecule has 0 saturated carbocycles. The van der Waals surface area contributed by atoms with E-state index >= 15 is 0 Å². The van der Waals surface area contributed by atoms with E-state index in [0.717, 1.165) is 9.87 Å². The molecule has 3 aromatic rings. The van der Waals surface area contributed by atoms with Crippen LogP contribution >= 0.6 is 23.2 Å². The maximum absolute atomic E-state index is 13.9. The van der Waals surface area contributed by atoms with Crippen molar-refractivity contribution in [1.82, 2.24) is 10.2 Å². The van der Waals surface area contributed by atoms with Crippen LogP contribution in [0, 0.1) is 0 Å². The molecule has 0 aliphatic carbocycles. The Kier molecular flexibility index (Phi) is 10.4. The van der Waals surface area contributed by atoms with Crippen molar-refractivity contribution in [3.05, 3.63) is 94.0 Å². The highest BCUT2D eigenvalue weighted by molar-refractivity contribution is 7.92. The normalized spacial score (nSPS) is 12.2. The van der Waals surface area contributed by atoms with Crippen LogP contribution in [-0.2, 0) is 26.2 Å². The second-order valence-corrected chi connectivity index (χ2v) is 12.1. The van der Waals surface area contributed by atoms with E-state index in [-0.39, 0.29) is 23.3 Å². The lowest BCUT2D eigenvalue weighted by atomic mass is 10.0. The summed E-state index contributed by atoms with van der Waals surface area (Å²) in [6.07, 6.45) is 0. The minimum absolute atomic E-state index is 0.0273. The highest BCUT2D eigenvalue weighted by Crippen LogP contribution is 2.27. The molecular formula is C29H33Cl2N3O4S. The zero-order valence-electron chi connectivity index (χ0n) is 22.4. The highest BCUT2D eigenvalue weighted by Gasteiger charge is 2.32. The number of nitrogens with zero attached hydrogens (tertiary/aromatic N) is 2. The van der Waals surface area contributed by atoms with Crippen molar-refractivity contribution in [2.24, 2.45) is 0 Å². The summed E-state index contributed by atoms with van der Waals surface area (Å²) >= 11 is 12.3. The van der Waals surface area contributed by atoms with Crippen molar-refractivity contribution < 1.29 is 18.0 Å². The molecule has 208 valence electrons. The smallest absolute Gasteiger partial charge is 0.264 e. The molecule has 10 heteroatoms. The molecule has 0 spiro atoms. The van der Waals surface area contributed by atoms with Crippen molar-refractivity contribution in [1.29, 1.82) is 0 Å². The van der Waals surface area contributed by atoms with Crippen molar-refractivity contribution in [3.63, 3.8) is 0 Å². The van der Waals surface area contributed by atoms with Gasteiger partial charge in [0.05, 0.1) is 20.6 Å². The number of halogens is 2. The van der Waals surface area contributed by atoms with Gasteiger partial charge in [-0.3, -0.25) is 13.9 Å². The van der Waals surface area contributed by atoms with Crippen LogP contribution in [0.4, 0.5) is 5.69 Å². The molecular weight excluding hydrogens is 557 g/mol. The standard InChI is InChI=1S/C29H33Cl2N3O4S/c1-5-32-29(36)21(4)33(18-22-11-16-26(30)27(31)17-22)28(35)19-34(24-14-12-23(13-15-24)20(2)3)39(37,38)25-9-7-6-8-10-25/h6-17,20-21H,5,18-19H2,1-4H3,(H,32,36)/t21-/m0/s1. The molecule has 0 heterocycles. The van der Waals surface area contributed by atoms with E-state index in [1.165, 1.54) is 17.0 Å². The van der Waals surface area contributed by atoms with Crippen LogP contribution in [0.25, 0.3) is 0 Å². The second-order valence-electron chi connectivity index (χ2n) is 9.41. The first-order valence-corrected chi connectivity index (χ1v) is 14.8. The van der Waals surface area contributed by atoms with Crippen LogP contribution in [-0.4, -0.2) is 44.3 Å². The van der Waals surface area contributed by atoms with Gasteiger partial charge in [0.1, 0.15) is 12.6 Å². The highest BCUT2D eigenvalue weighted by atomic mass is 35.5. The molecule has 0 aromatic heterocycles. The van der Waals surface area contributed by atoms with E-state index in [1.807, 2.05) is 26.0 Å². The topological polar surface area (TPSA) is 86.8 Å².